The van der Waals surface area contributed by atoms with E-state index >= 15 is 0 Å². The highest BCUT2D eigenvalue weighted by molar-refractivity contribution is 5.53. The monoisotopic (exact) mass is 256 g/mol. The van der Waals surface area contributed by atoms with E-state index in [2.05, 4.69) is 0 Å². The fourth-order valence-corrected chi connectivity index (χ4v) is 1.71. The molecule has 0 atom stereocenters. The third-order valence-electron chi connectivity index (χ3n) is 2.82. The third-order valence-corrected chi connectivity index (χ3v) is 2.82. The van der Waals surface area contributed by atoms with E-state index in [1.54, 1.807) is 24.3 Å². The fraction of sp³-hybridized carbons (Fsp3) is 0.133. The van der Waals surface area contributed by atoms with Crippen LogP contribution < -0.4 is 10.5 Å². The number of nitrogens with zero attached hydrogens (tertiary/aromatic N) is 1. The number of anilines is 1. The van der Waals surface area contributed by atoms with Crippen molar-refractivity contribution in [2.24, 2.45) is 0 Å². The van der Waals surface area contributed by atoms with Gasteiger partial charge in [0, 0.05) is 5.69 Å². The maximum atomic E-state index is 13.1. The standard InChI is InChI=1S/C15H13FN2O/c1-10-2-3-13(16)6-12(10)9-19-15-5-4-14(18)7-11(15)8-17/h2-7H,9,18H2,1H3. The van der Waals surface area contributed by atoms with Crippen molar-refractivity contribution >= 4 is 5.69 Å². The predicted molar refractivity (Wildman–Crippen MR) is 71.0 cm³/mol. The number of hydrogen-bond acceptors (Lipinski definition) is 3. The van der Waals surface area contributed by atoms with Crippen molar-refractivity contribution in [1.82, 2.24) is 0 Å². The van der Waals surface area contributed by atoms with Gasteiger partial charge in [0.25, 0.3) is 0 Å². The summed E-state index contributed by atoms with van der Waals surface area (Å²) in [5, 5.41) is 8.99. The zero-order valence-corrected chi connectivity index (χ0v) is 10.5. The topological polar surface area (TPSA) is 59.0 Å². The molecule has 19 heavy (non-hydrogen) atoms. The van der Waals surface area contributed by atoms with Gasteiger partial charge in [0.05, 0.1) is 5.56 Å². The molecule has 0 saturated heterocycles. The molecule has 0 heterocycles. The van der Waals surface area contributed by atoms with E-state index in [0.29, 0.717) is 17.0 Å². The third kappa shape index (κ3) is 3.02. The van der Waals surface area contributed by atoms with Gasteiger partial charge in [0.15, 0.2) is 0 Å². The second-order valence-electron chi connectivity index (χ2n) is 4.23. The van der Waals surface area contributed by atoms with Crippen molar-refractivity contribution in [2.75, 3.05) is 5.73 Å². The van der Waals surface area contributed by atoms with Crippen molar-refractivity contribution in [3.05, 3.63) is 58.9 Å². The van der Waals surface area contributed by atoms with E-state index in [0.717, 1.165) is 11.1 Å². The van der Waals surface area contributed by atoms with Gasteiger partial charge in [0.2, 0.25) is 0 Å². The highest BCUT2D eigenvalue weighted by atomic mass is 19.1. The first-order valence-electron chi connectivity index (χ1n) is 5.77. The smallest absolute Gasteiger partial charge is 0.137 e. The van der Waals surface area contributed by atoms with Crippen LogP contribution in [0.4, 0.5) is 10.1 Å². The van der Waals surface area contributed by atoms with Crippen molar-refractivity contribution in [3.63, 3.8) is 0 Å². The quantitative estimate of drug-likeness (QED) is 0.858. The number of aryl methyl sites for hydroxylation is 1. The second-order valence-corrected chi connectivity index (χ2v) is 4.23. The van der Waals surface area contributed by atoms with Crippen molar-refractivity contribution in [2.45, 2.75) is 13.5 Å². The van der Waals surface area contributed by atoms with Crippen LogP contribution in [0.2, 0.25) is 0 Å². The van der Waals surface area contributed by atoms with E-state index in [9.17, 15) is 4.39 Å². The molecule has 0 aliphatic heterocycles. The molecular formula is C15H13FN2O. The van der Waals surface area contributed by atoms with Gasteiger partial charge in [0.1, 0.15) is 24.2 Å². The van der Waals surface area contributed by atoms with Gasteiger partial charge in [-0.2, -0.15) is 5.26 Å². The first kappa shape index (κ1) is 12.9. The lowest BCUT2D eigenvalue weighted by molar-refractivity contribution is 0.304. The SMILES string of the molecule is Cc1ccc(F)cc1COc1ccc(N)cc1C#N. The molecule has 2 aromatic rings. The minimum Gasteiger partial charge on any atom is -0.488 e. The van der Waals surface area contributed by atoms with E-state index < -0.39 is 0 Å². The molecule has 2 aromatic carbocycles. The van der Waals surface area contributed by atoms with Crippen LogP contribution in [0.5, 0.6) is 5.75 Å². The Bertz CT molecular complexity index is 647. The average Bonchev–Trinajstić information content (AvgIpc) is 2.40. The number of ether oxygens (including phenoxy) is 1. The van der Waals surface area contributed by atoms with Crippen LogP contribution in [-0.2, 0) is 6.61 Å². The molecule has 0 saturated carbocycles. The van der Waals surface area contributed by atoms with Crippen LogP contribution >= 0.6 is 0 Å². The van der Waals surface area contributed by atoms with Gasteiger partial charge in [-0.15, -0.1) is 0 Å². The summed E-state index contributed by atoms with van der Waals surface area (Å²) in [5.74, 6) is 0.141. The van der Waals surface area contributed by atoms with Gasteiger partial charge in [-0.1, -0.05) is 6.07 Å². The van der Waals surface area contributed by atoms with Gasteiger partial charge in [-0.05, 0) is 48.4 Å². The predicted octanol–water partition coefficient (Wildman–Crippen LogP) is 3.17. The molecule has 0 fully saturated rings. The highest BCUT2D eigenvalue weighted by Gasteiger charge is 2.06. The number of benzene rings is 2. The highest BCUT2D eigenvalue weighted by Crippen LogP contribution is 2.22. The van der Waals surface area contributed by atoms with E-state index in [-0.39, 0.29) is 12.4 Å². The van der Waals surface area contributed by atoms with E-state index in [1.165, 1.54) is 12.1 Å². The maximum Gasteiger partial charge on any atom is 0.137 e. The van der Waals surface area contributed by atoms with E-state index in [1.807, 2.05) is 13.0 Å². The minimum absolute atomic E-state index is 0.211. The lowest BCUT2D eigenvalue weighted by atomic mass is 10.1. The van der Waals surface area contributed by atoms with Crippen molar-refractivity contribution in [1.29, 1.82) is 5.26 Å². The molecule has 0 aliphatic carbocycles. The molecule has 4 heteroatoms. The summed E-state index contributed by atoms with van der Waals surface area (Å²) < 4.78 is 18.7. The zero-order valence-electron chi connectivity index (χ0n) is 10.5. The molecule has 0 aliphatic rings. The second kappa shape index (κ2) is 5.40. The van der Waals surface area contributed by atoms with Crippen LogP contribution in [0.1, 0.15) is 16.7 Å². The Morgan fingerprint density at radius 3 is 2.79 bits per heavy atom. The first-order chi connectivity index (χ1) is 9.10. The Balaban J connectivity index is 2.19. The molecule has 96 valence electrons. The first-order valence-corrected chi connectivity index (χ1v) is 5.77. The molecule has 3 nitrogen and oxygen atoms in total. The Hall–Kier alpha value is -2.54. The summed E-state index contributed by atoms with van der Waals surface area (Å²) in [4.78, 5) is 0. The number of nitriles is 1. The van der Waals surface area contributed by atoms with Crippen molar-refractivity contribution in [3.8, 4) is 11.8 Å². The maximum absolute atomic E-state index is 13.1. The molecule has 2 N–H and O–H groups in total. The summed E-state index contributed by atoms with van der Waals surface area (Å²) >= 11 is 0. The summed E-state index contributed by atoms with van der Waals surface area (Å²) in [5.41, 5.74) is 8.16. The summed E-state index contributed by atoms with van der Waals surface area (Å²) in [7, 11) is 0. The molecule has 0 aromatic heterocycles. The molecule has 0 bridgehead atoms. The van der Waals surface area contributed by atoms with Gasteiger partial charge in [-0.3, -0.25) is 0 Å². The van der Waals surface area contributed by atoms with Gasteiger partial charge < -0.3 is 10.5 Å². The average molecular weight is 256 g/mol. The van der Waals surface area contributed by atoms with Crippen LogP contribution in [0, 0.1) is 24.1 Å². The number of nitrogens with two attached hydrogens (primary N) is 1. The van der Waals surface area contributed by atoms with E-state index in [4.69, 9.17) is 15.7 Å². The summed E-state index contributed by atoms with van der Waals surface area (Å²) in [6.45, 7) is 2.09. The molecule has 0 unspecified atom stereocenters. The normalized spacial score (nSPS) is 9.95. The Morgan fingerprint density at radius 2 is 2.05 bits per heavy atom. The van der Waals surface area contributed by atoms with Crippen LogP contribution in [0.15, 0.2) is 36.4 Å². The largest absolute Gasteiger partial charge is 0.488 e. The summed E-state index contributed by atoms with van der Waals surface area (Å²) in [6.07, 6.45) is 0. The molecule has 0 radical (unpaired) electrons. The van der Waals surface area contributed by atoms with Gasteiger partial charge >= 0.3 is 0 Å². The number of nitrogen functional groups attached to an aromatic ring is 1. The molecular weight excluding hydrogens is 243 g/mol. The Kier molecular flexibility index (Phi) is 3.67. The fourth-order valence-electron chi connectivity index (χ4n) is 1.71. The minimum atomic E-state index is -0.304. The zero-order chi connectivity index (χ0) is 13.8. The Labute approximate surface area is 111 Å². The Morgan fingerprint density at radius 1 is 1.26 bits per heavy atom. The molecule has 0 amide bonds. The lowest BCUT2D eigenvalue weighted by Crippen LogP contribution is -2.00. The number of hydrogen-bond donors (Lipinski definition) is 1. The van der Waals surface area contributed by atoms with Crippen LogP contribution in [0.25, 0.3) is 0 Å². The molecule has 0 spiro atoms. The van der Waals surface area contributed by atoms with Crippen molar-refractivity contribution < 1.29 is 9.13 Å². The number of halogens is 1. The van der Waals surface area contributed by atoms with Crippen LogP contribution in [0.3, 0.4) is 0 Å². The summed E-state index contributed by atoms with van der Waals surface area (Å²) in [6, 6.07) is 11.4. The number of rotatable bonds is 3. The molecule has 2 rings (SSSR count). The lowest BCUT2D eigenvalue weighted by Gasteiger charge is -2.10. The van der Waals surface area contributed by atoms with Gasteiger partial charge in [-0.25, -0.2) is 4.39 Å². The van der Waals surface area contributed by atoms with Crippen LogP contribution in [-0.4, -0.2) is 0 Å².